The summed E-state index contributed by atoms with van der Waals surface area (Å²) < 4.78 is 79.8. The SMILES string of the molecule is CNC1(c2cc(F)ccc2Cl)NC(=O)c2cc(CS(C)=O)cc(NC(=O)c3cc(F)cc(C(F)(F)F)c3)c21. The van der Waals surface area contributed by atoms with E-state index in [0.29, 0.717) is 17.7 Å². The molecule has 13 heteroatoms. The predicted octanol–water partition coefficient (Wildman–Crippen LogP) is 4.93. The molecule has 1 aliphatic rings. The average molecular weight is 572 g/mol. The van der Waals surface area contributed by atoms with Gasteiger partial charge in [-0.05, 0) is 61.1 Å². The van der Waals surface area contributed by atoms with Crippen molar-refractivity contribution in [2.75, 3.05) is 18.6 Å². The molecule has 0 aliphatic carbocycles. The Morgan fingerprint density at radius 2 is 1.79 bits per heavy atom. The molecule has 0 bridgehead atoms. The molecule has 0 fully saturated rings. The maximum Gasteiger partial charge on any atom is 0.416 e. The van der Waals surface area contributed by atoms with Crippen molar-refractivity contribution in [3.05, 3.63) is 98.6 Å². The van der Waals surface area contributed by atoms with Crippen molar-refractivity contribution in [2.24, 2.45) is 0 Å². The highest BCUT2D eigenvalue weighted by molar-refractivity contribution is 7.83. The maximum absolute atomic E-state index is 14.3. The number of rotatable bonds is 6. The smallest absolute Gasteiger partial charge is 0.326 e. The van der Waals surface area contributed by atoms with E-state index < -0.39 is 57.2 Å². The highest BCUT2D eigenvalue weighted by Gasteiger charge is 2.47. The molecule has 1 aliphatic heterocycles. The van der Waals surface area contributed by atoms with Crippen LogP contribution in [0.4, 0.5) is 27.6 Å². The summed E-state index contributed by atoms with van der Waals surface area (Å²) in [6, 6.07) is 7.67. The Hall–Kier alpha value is -3.35. The summed E-state index contributed by atoms with van der Waals surface area (Å²) in [5, 5.41) is 8.11. The molecule has 2 amide bonds. The molecule has 0 saturated carbocycles. The van der Waals surface area contributed by atoms with Crippen molar-refractivity contribution in [3.63, 3.8) is 0 Å². The first-order chi connectivity index (χ1) is 17.7. The molecule has 0 spiro atoms. The summed E-state index contributed by atoms with van der Waals surface area (Å²) in [5.74, 6) is -3.72. The van der Waals surface area contributed by atoms with E-state index in [1.54, 1.807) is 0 Å². The third-order valence-electron chi connectivity index (χ3n) is 5.93. The molecule has 0 radical (unpaired) electrons. The zero-order chi connectivity index (χ0) is 28.0. The number of benzene rings is 3. The summed E-state index contributed by atoms with van der Waals surface area (Å²) >= 11 is 6.36. The second-order valence-electron chi connectivity index (χ2n) is 8.54. The van der Waals surface area contributed by atoms with Gasteiger partial charge in [0.1, 0.15) is 17.3 Å². The average Bonchev–Trinajstić information content (AvgIpc) is 3.12. The predicted molar refractivity (Wildman–Crippen MR) is 132 cm³/mol. The number of carbonyl (C=O) groups excluding carboxylic acids is 2. The van der Waals surface area contributed by atoms with Gasteiger partial charge in [-0.3, -0.25) is 19.1 Å². The van der Waals surface area contributed by atoms with Crippen molar-refractivity contribution in [2.45, 2.75) is 17.6 Å². The van der Waals surface area contributed by atoms with Crippen LogP contribution in [0.3, 0.4) is 0 Å². The minimum atomic E-state index is -4.91. The van der Waals surface area contributed by atoms with Crippen LogP contribution in [0.2, 0.25) is 5.02 Å². The van der Waals surface area contributed by atoms with Crippen molar-refractivity contribution < 1.29 is 35.8 Å². The Morgan fingerprint density at radius 1 is 1.08 bits per heavy atom. The first-order valence-electron chi connectivity index (χ1n) is 10.9. The van der Waals surface area contributed by atoms with Crippen molar-refractivity contribution in [3.8, 4) is 0 Å². The zero-order valence-electron chi connectivity index (χ0n) is 19.7. The van der Waals surface area contributed by atoms with Crippen LogP contribution >= 0.6 is 11.6 Å². The van der Waals surface area contributed by atoms with E-state index in [1.165, 1.54) is 31.5 Å². The van der Waals surface area contributed by atoms with Crippen LogP contribution in [0.15, 0.2) is 48.5 Å². The van der Waals surface area contributed by atoms with Gasteiger partial charge in [-0.1, -0.05) is 11.6 Å². The van der Waals surface area contributed by atoms with Gasteiger partial charge in [-0.25, -0.2) is 8.78 Å². The Balaban J connectivity index is 1.92. The molecule has 4 rings (SSSR count). The van der Waals surface area contributed by atoms with Crippen molar-refractivity contribution >= 4 is 39.9 Å². The molecular weight excluding hydrogens is 553 g/mol. The second-order valence-corrected chi connectivity index (χ2v) is 10.4. The van der Waals surface area contributed by atoms with Gasteiger partial charge in [0.15, 0.2) is 0 Å². The quantitative estimate of drug-likeness (QED) is 0.366. The summed E-state index contributed by atoms with van der Waals surface area (Å²) in [5.41, 5.74) is -3.18. The lowest BCUT2D eigenvalue weighted by Crippen LogP contribution is -2.51. The number of carbonyl (C=O) groups is 2. The number of hydrogen-bond acceptors (Lipinski definition) is 4. The van der Waals surface area contributed by atoms with E-state index in [0.717, 1.165) is 12.1 Å². The molecule has 1 heterocycles. The summed E-state index contributed by atoms with van der Waals surface area (Å²) in [6.07, 6.45) is -3.49. The van der Waals surface area contributed by atoms with Gasteiger partial charge in [-0.2, -0.15) is 13.2 Å². The summed E-state index contributed by atoms with van der Waals surface area (Å²) in [7, 11) is 0.0774. The Labute approximate surface area is 221 Å². The van der Waals surface area contributed by atoms with E-state index in [1.807, 2.05) is 0 Å². The highest BCUT2D eigenvalue weighted by atomic mass is 35.5. The van der Waals surface area contributed by atoms with E-state index in [4.69, 9.17) is 11.6 Å². The van der Waals surface area contributed by atoms with Gasteiger partial charge >= 0.3 is 6.18 Å². The topological polar surface area (TPSA) is 87.3 Å². The standard InChI is InChI=1S/C25H19ClF5N3O3S/c1-32-24(18-10-15(27)3-4-19(18)26)21-17(23(36)34-24)5-12(11-38(2)37)6-20(21)33-22(35)13-7-14(25(29,30)31)9-16(28)8-13/h3-10,32H,11H2,1-2H3,(H,33,35)(H,34,36). The number of halogens is 6. The molecule has 0 saturated heterocycles. The van der Waals surface area contributed by atoms with Crippen LogP contribution in [0, 0.1) is 11.6 Å². The van der Waals surface area contributed by atoms with Crippen molar-refractivity contribution in [1.82, 2.24) is 10.6 Å². The lowest BCUT2D eigenvalue weighted by Gasteiger charge is -2.33. The lowest BCUT2D eigenvalue weighted by molar-refractivity contribution is -0.137. The zero-order valence-corrected chi connectivity index (χ0v) is 21.3. The van der Waals surface area contributed by atoms with Crippen LogP contribution < -0.4 is 16.0 Å². The fraction of sp³-hybridized carbons (Fsp3) is 0.200. The summed E-state index contributed by atoms with van der Waals surface area (Å²) in [6.45, 7) is 0. The normalized spacial score (nSPS) is 17.6. The molecule has 6 nitrogen and oxygen atoms in total. The van der Waals surface area contributed by atoms with Crippen LogP contribution in [0.5, 0.6) is 0 Å². The van der Waals surface area contributed by atoms with E-state index in [2.05, 4.69) is 16.0 Å². The minimum absolute atomic E-state index is 0.0190. The first kappa shape index (κ1) is 27.7. The molecule has 2 unspecified atom stereocenters. The molecule has 200 valence electrons. The Kier molecular flexibility index (Phi) is 7.34. The van der Waals surface area contributed by atoms with Crippen molar-refractivity contribution in [1.29, 1.82) is 0 Å². The molecule has 2 atom stereocenters. The lowest BCUT2D eigenvalue weighted by atomic mass is 9.88. The van der Waals surface area contributed by atoms with Gasteiger partial charge in [-0.15, -0.1) is 0 Å². The molecule has 3 N–H and O–H groups in total. The number of fused-ring (bicyclic) bond motifs is 1. The number of nitrogens with one attached hydrogen (secondary N) is 3. The number of alkyl halides is 3. The second kappa shape index (κ2) is 10.1. The number of hydrogen-bond donors (Lipinski definition) is 3. The molecule has 0 aromatic heterocycles. The van der Waals surface area contributed by atoms with Crippen LogP contribution in [0.1, 0.15) is 43.0 Å². The van der Waals surface area contributed by atoms with Gasteiger partial charge < -0.3 is 10.6 Å². The minimum Gasteiger partial charge on any atom is -0.326 e. The molecule has 3 aromatic carbocycles. The van der Waals surface area contributed by atoms with Crippen LogP contribution in [-0.2, 0) is 28.4 Å². The van der Waals surface area contributed by atoms with E-state index in [-0.39, 0.29) is 39.2 Å². The van der Waals surface area contributed by atoms with E-state index in [9.17, 15) is 35.8 Å². The molecule has 3 aromatic rings. The maximum atomic E-state index is 14.3. The fourth-order valence-corrected chi connectivity index (χ4v) is 5.29. The Bertz CT molecular complexity index is 1500. The van der Waals surface area contributed by atoms with Gasteiger partial charge in [0, 0.05) is 55.8 Å². The largest absolute Gasteiger partial charge is 0.416 e. The summed E-state index contributed by atoms with van der Waals surface area (Å²) in [4.78, 5) is 26.2. The number of anilines is 1. The van der Waals surface area contributed by atoms with Crippen LogP contribution in [0.25, 0.3) is 0 Å². The Morgan fingerprint density at radius 3 is 2.42 bits per heavy atom. The fourth-order valence-electron chi connectivity index (χ4n) is 4.39. The van der Waals surface area contributed by atoms with Gasteiger partial charge in [0.2, 0.25) is 0 Å². The highest BCUT2D eigenvalue weighted by Crippen LogP contribution is 2.43. The monoisotopic (exact) mass is 571 g/mol. The molecular formula is C25H19ClF5N3O3S. The van der Waals surface area contributed by atoms with Gasteiger partial charge in [0.05, 0.1) is 5.56 Å². The first-order valence-corrected chi connectivity index (χ1v) is 13.0. The number of amides is 2. The van der Waals surface area contributed by atoms with E-state index >= 15 is 0 Å². The third-order valence-corrected chi connectivity index (χ3v) is 7.00. The van der Waals surface area contributed by atoms with Crippen LogP contribution in [-0.4, -0.2) is 29.3 Å². The molecule has 38 heavy (non-hydrogen) atoms. The van der Waals surface area contributed by atoms with Gasteiger partial charge in [0.25, 0.3) is 11.8 Å². The third kappa shape index (κ3) is 5.16.